The van der Waals surface area contributed by atoms with Crippen LogP contribution < -0.4 is 14.4 Å². The van der Waals surface area contributed by atoms with Gasteiger partial charge in [0.2, 0.25) is 17.7 Å². The Hall–Kier alpha value is -1.56. The number of methoxy groups -OCH3 is 2. The van der Waals surface area contributed by atoms with E-state index in [4.69, 9.17) is 14.6 Å². The standard InChI is InChI=1S/C12H19N3O3/c1-17-10-8-11(18-2)14-12(13-10)15(6-7-16)9-4-3-5-9/h8-9,16H,3-7H2,1-2H3. The molecule has 1 heterocycles. The Bertz CT molecular complexity index is 374. The van der Waals surface area contributed by atoms with Gasteiger partial charge in [0.1, 0.15) is 0 Å². The summed E-state index contributed by atoms with van der Waals surface area (Å²) in [5.41, 5.74) is 0. The Balaban J connectivity index is 2.26. The van der Waals surface area contributed by atoms with Crippen molar-refractivity contribution in [3.05, 3.63) is 6.07 Å². The first kappa shape index (κ1) is 12.9. The van der Waals surface area contributed by atoms with E-state index < -0.39 is 0 Å². The molecule has 0 atom stereocenters. The van der Waals surface area contributed by atoms with Gasteiger partial charge in [-0.3, -0.25) is 0 Å². The molecule has 1 aliphatic carbocycles. The molecule has 1 aromatic heterocycles. The second-order valence-corrected chi connectivity index (χ2v) is 4.25. The highest BCUT2D eigenvalue weighted by atomic mass is 16.5. The van der Waals surface area contributed by atoms with Crippen LogP contribution in [0.3, 0.4) is 0 Å². The Labute approximate surface area is 107 Å². The molecule has 0 aromatic carbocycles. The van der Waals surface area contributed by atoms with E-state index in [0.717, 1.165) is 12.8 Å². The zero-order valence-electron chi connectivity index (χ0n) is 10.8. The van der Waals surface area contributed by atoms with E-state index in [0.29, 0.717) is 30.3 Å². The van der Waals surface area contributed by atoms with Crippen molar-refractivity contribution in [3.8, 4) is 11.8 Å². The van der Waals surface area contributed by atoms with Gasteiger partial charge < -0.3 is 19.5 Å². The van der Waals surface area contributed by atoms with Crippen LogP contribution in [0.2, 0.25) is 0 Å². The quantitative estimate of drug-likeness (QED) is 0.810. The van der Waals surface area contributed by atoms with E-state index >= 15 is 0 Å². The average Bonchev–Trinajstić information content (AvgIpc) is 2.35. The van der Waals surface area contributed by atoms with Gasteiger partial charge in [0.05, 0.1) is 26.9 Å². The summed E-state index contributed by atoms with van der Waals surface area (Å²) in [5.74, 6) is 1.50. The fraction of sp³-hybridized carbons (Fsp3) is 0.667. The first-order valence-corrected chi connectivity index (χ1v) is 6.13. The molecule has 0 bridgehead atoms. The zero-order valence-corrected chi connectivity index (χ0v) is 10.8. The molecule has 100 valence electrons. The molecule has 0 spiro atoms. The van der Waals surface area contributed by atoms with E-state index in [-0.39, 0.29) is 6.61 Å². The molecular formula is C12H19N3O3. The van der Waals surface area contributed by atoms with Gasteiger partial charge in [-0.05, 0) is 19.3 Å². The summed E-state index contributed by atoms with van der Waals surface area (Å²) in [6.07, 6.45) is 3.44. The topological polar surface area (TPSA) is 67.7 Å². The number of anilines is 1. The van der Waals surface area contributed by atoms with Crippen LogP contribution in [-0.2, 0) is 0 Å². The lowest BCUT2D eigenvalue weighted by Crippen LogP contribution is -2.43. The van der Waals surface area contributed by atoms with Crippen molar-refractivity contribution in [1.29, 1.82) is 0 Å². The van der Waals surface area contributed by atoms with Crippen LogP contribution in [-0.4, -0.2) is 48.5 Å². The largest absolute Gasteiger partial charge is 0.481 e. The molecule has 0 radical (unpaired) electrons. The van der Waals surface area contributed by atoms with E-state index in [9.17, 15) is 0 Å². The van der Waals surface area contributed by atoms with Gasteiger partial charge in [-0.15, -0.1) is 0 Å². The fourth-order valence-corrected chi connectivity index (χ4v) is 1.98. The highest BCUT2D eigenvalue weighted by Gasteiger charge is 2.27. The summed E-state index contributed by atoms with van der Waals surface area (Å²) in [6, 6.07) is 2.05. The highest BCUT2D eigenvalue weighted by Crippen LogP contribution is 2.29. The monoisotopic (exact) mass is 253 g/mol. The summed E-state index contributed by atoms with van der Waals surface area (Å²) in [5, 5.41) is 9.16. The summed E-state index contributed by atoms with van der Waals surface area (Å²) in [4.78, 5) is 10.7. The van der Waals surface area contributed by atoms with E-state index in [1.54, 1.807) is 20.3 Å². The SMILES string of the molecule is COc1cc(OC)nc(N(CCO)C2CCC2)n1. The predicted octanol–water partition coefficient (Wildman–Crippen LogP) is 0.845. The molecule has 0 amide bonds. The lowest BCUT2D eigenvalue weighted by atomic mass is 9.92. The maximum atomic E-state index is 9.16. The normalized spacial score (nSPS) is 15.1. The molecular weight excluding hydrogens is 234 g/mol. The van der Waals surface area contributed by atoms with Gasteiger partial charge >= 0.3 is 0 Å². The van der Waals surface area contributed by atoms with Crippen LogP contribution in [0.5, 0.6) is 11.8 Å². The van der Waals surface area contributed by atoms with Crippen LogP contribution in [0.15, 0.2) is 6.07 Å². The van der Waals surface area contributed by atoms with E-state index in [2.05, 4.69) is 9.97 Å². The minimum atomic E-state index is 0.0827. The number of ether oxygens (including phenoxy) is 2. The first-order valence-electron chi connectivity index (χ1n) is 6.13. The van der Waals surface area contributed by atoms with Crippen LogP contribution in [0.4, 0.5) is 5.95 Å². The van der Waals surface area contributed by atoms with Gasteiger partial charge in [0.25, 0.3) is 0 Å². The Morgan fingerprint density at radius 2 is 1.89 bits per heavy atom. The first-order chi connectivity index (χ1) is 8.78. The third-order valence-corrected chi connectivity index (χ3v) is 3.20. The Kier molecular flexibility index (Phi) is 4.19. The number of aliphatic hydroxyl groups excluding tert-OH is 1. The molecule has 0 aliphatic heterocycles. The van der Waals surface area contributed by atoms with Crippen LogP contribution >= 0.6 is 0 Å². The summed E-state index contributed by atoms with van der Waals surface area (Å²) < 4.78 is 10.3. The number of hydrogen-bond donors (Lipinski definition) is 1. The van der Waals surface area contributed by atoms with Crippen molar-refractivity contribution in [3.63, 3.8) is 0 Å². The molecule has 1 aliphatic rings. The molecule has 0 unspecified atom stereocenters. The molecule has 18 heavy (non-hydrogen) atoms. The van der Waals surface area contributed by atoms with Gasteiger partial charge in [-0.2, -0.15) is 9.97 Å². The summed E-state index contributed by atoms with van der Waals surface area (Å²) in [7, 11) is 3.12. The number of hydrogen-bond acceptors (Lipinski definition) is 6. The summed E-state index contributed by atoms with van der Waals surface area (Å²) in [6.45, 7) is 0.611. The molecule has 6 nitrogen and oxygen atoms in total. The van der Waals surface area contributed by atoms with Crippen molar-refractivity contribution in [1.82, 2.24) is 9.97 Å². The van der Waals surface area contributed by atoms with Crippen molar-refractivity contribution < 1.29 is 14.6 Å². The van der Waals surface area contributed by atoms with Gasteiger partial charge in [0, 0.05) is 12.6 Å². The maximum absolute atomic E-state index is 9.16. The molecule has 1 fully saturated rings. The molecule has 0 saturated heterocycles. The second kappa shape index (κ2) is 5.86. The molecule has 1 N–H and O–H groups in total. The van der Waals surface area contributed by atoms with E-state index in [1.165, 1.54) is 6.42 Å². The number of rotatable bonds is 6. The van der Waals surface area contributed by atoms with Crippen LogP contribution in [0, 0.1) is 0 Å². The van der Waals surface area contributed by atoms with Crippen molar-refractivity contribution >= 4 is 5.95 Å². The molecule has 1 saturated carbocycles. The third-order valence-electron chi connectivity index (χ3n) is 3.20. The Morgan fingerprint density at radius 3 is 2.28 bits per heavy atom. The van der Waals surface area contributed by atoms with Crippen molar-refractivity contribution in [2.45, 2.75) is 25.3 Å². The number of aromatic nitrogens is 2. The minimum absolute atomic E-state index is 0.0827. The minimum Gasteiger partial charge on any atom is -0.481 e. The lowest BCUT2D eigenvalue weighted by molar-refractivity contribution is 0.281. The number of aliphatic hydroxyl groups is 1. The van der Waals surface area contributed by atoms with E-state index in [1.807, 2.05) is 4.90 Å². The fourth-order valence-electron chi connectivity index (χ4n) is 1.98. The second-order valence-electron chi connectivity index (χ2n) is 4.25. The molecule has 6 heteroatoms. The van der Waals surface area contributed by atoms with Crippen LogP contribution in [0.25, 0.3) is 0 Å². The third kappa shape index (κ3) is 2.64. The highest BCUT2D eigenvalue weighted by molar-refractivity contribution is 5.38. The average molecular weight is 253 g/mol. The maximum Gasteiger partial charge on any atom is 0.232 e. The van der Waals surface area contributed by atoms with Crippen molar-refractivity contribution in [2.24, 2.45) is 0 Å². The summed E-state index contributed by atoms with van der Waals surface area (Å²) >= 11 is 0. The predicted molar refractivity (Wildman–Crippen MR) is 67.2 cm³/mol. The smallest absolute Gasteiger partial charge is 0.232 e. The van der Waals surface area contributed by atoms with Gasteiger partial charge in [-0.1, -0.05) is 0 Å². The number of nitrogens with zero attached hydrogens (tertiary/aromatic N) is 3. The Morgan fingerprint density at radius 1 is 1.28 bits per heavy atom. The van der Waals surface area contributed by atoms with Gasteiger partial charge in [0.15, 0.2) is 0 Å². The van der Waals surface area contributed by atoms with Crippen molar-refractivity contribution in [2.75, 3.05) is 32.3 Å². The lowest BCUT2D eigenvalue weighted by Gasteiger charge is -2.37. The van der Waals surface area contributed by atoms with Gasteiger partial charge in [-0.25, -0.2) is 0 Å². The van der Waals surface area contributed by atoms with Crippen LogP contribution in [0.1, 0.15) is 19.3 Å². The molecule has 2 rings (SSSR count). The zero-order chi connectivity index (χ0) is 13.0. The molecule has 1 aromatic rings.